The van der Waals surface area contributed by atoms with Crippen molar-refractivity contribution >= 4 is 0 Å². The standard InChI is InChI=1S/C15H25NO/c1-6-16-15(10-17-11(2)3)14-9-7-8-12(4)13(14)5/h7-9,11,15-16H,6,10H2,1-5H3. The first kappa shape index (κ1) is 14.2. The summed E-state index contributed by atoms with van der Waals surface area (Å²) in [4.78, 5) is 0. The number of nitrogens with one attached hydrogen (secondary N) is 1. The van der Waals surface area contributed by atoms with Crippen molar-refractivity contribution in [1.29, 1.82) is 0 Å². The van der Waals surface area contributed by atoms with Gasteiger partial charge in [-0.3, -0.25) is 0 Å². The summed E-state index contributed by atoms with van der Waals surface area (Å²) in [5, 5.41) is 3.50. The summed E-state index contributed by atoms with van der Waals surface area (Å²) in [6.07, 6.45) is 0.279. The molecule has 2 heteroatoms. The predicted octanol–water partition coefficient (Wildman–Crippen LogP) is 3.38. The van der Waals surface area contributed by atoms with Crippen LogP contribution in [0.25, 0.3) is 0 Å². The van der Waals surface area contributed by atoms with E-state index in [-0.39, 0.29) is 6.10 Å². The number of aryl methyl sites for hydroxylation is 1. The second-order valence-electron chi connectivity index (χ2n) is 4.78. The molecule has 1 unspecified atom stereocenters. The highest BCUT2D eigenvalue weighted by atomic mass is 16.5. The van der Waals surface area contributed by atoms with E-state index < -0.39 is 0 Å². The molecule has 1 aromatic rings. The largest absolute Gasteiger partial charge is 0.377 e. The number of hydrogen-bond acceptors (Lipinski definition) is 2. The molecule has 0 saturated heterocycles. The molecule has 0 radical (unpaired) electrons. The lowest BCUT2D eigenvalue weighted by Crippen LogP contribution is -2.27. The molecule has 2 nitrogen and oxygen atoms in total. The van der Waals surface area contributed by atoms with Crippen molar-refractivity contribution < 1.29 is 4.74 Å². The van der Waals surface area contributed by atoms with Gasteiger partial charge in [-0.25, -0.2) is 0 Å². The summed E-state index contributed by atoms with van der Waals surface area (Å²) in [6, 6.07) is 6.77. The lowest BCUT2D eigenvalue weighted by atomic mass is 9.98. The molecular formula is C15H25NO. The molecule has 0 saturated carbocycles. The molecule has 0 heterocycles. The van der Waals surface area contributed by atoms with Gasteiger partial charge in [-0.05, 0) is 50.9 Å². The lowest BCUT2D eigenvalue weighted by Gasteiger charge is -2.22. The molecule has 0 aliphatic carbocycles. The van der Waals surface area contributed by atoms with Gasteiger partial charge in [0, 0.05) is 0 Å². The molecule has 1 N–H and O–H groups in total. The molecule has 0 aliphatic heterocycles. The molecule has 0 fully saturated rings. The van der Waals surface area contributed by atoms with Gasteiger partial charge in [-0.1, -0.05) is 25.1 Å². The highest BCUT2D eigenvalue weighted by Crippen LogP contribution is 2.21. The quantitative estimate of drug-likeness (QED) is 0.816. The van der Waals surface area contributed by atoms with E-state index >= 15 is 0 Å². The maximum absolute atomic E-state index is 5.74. The van der Waals surface area contributed by atoms with Gasteiger partial charge < -0.3 is 10.1 Å². The molecule has 1 atom stereocenters. The van der Waals surface area contributed by atoms with Gasteiger partial charge in [0.1, 0.15) is 0 Å². The van der Waals surface area contributed by atoms with Gasteiger partial charge in [0.25, 0.3) is 0 Å². The van der Waals surface area contributed by atoms with E-state index in [2.05, 4.69) is 58.1 Å². The molecule has 96 valence electrons. The Bertz CT molecular complexity index is 347. The average Bonchev–Trinajstić information content (AvgIpc) is 2.28. The van der Waals surface area contributed by atoms with Crippen LogP contribution >= 0.6 is 0 Å². The van der Waals surface area contributed by atoms with Crippen molar-refractivity contribution in [2.75, 3.05) is 13.2 Å². The zero-order valence-electron chi connectivity index (χ0n) is 11.7. The van der Waals surface area contributed by atoms with Crippen LogP contribution in [0.4, 0.5) is 0 Å². The number of ether oxygens (including phenoxy) is 1. The highest BCUT2D eigenvalue weighted by Gasteiger charge is 2.14. The van der Waals surface area contributed by atoms with E-state index in [0.29, 0.717) is 6.04 Å². The molecule has 0 amide bonds. The Morgan fingerprint density at radius 1 is 1.24 bits per heavy atom. The van der Waals surface area contributed by atoms with Crippen LogP contribution in [0, 0.1) is 13.8 Å². The van der Waals surface area contributed by atoms with Crippen molar-refractivity contribution in [2.45, 2.75) is 46.8 Å². The molecular weight excluding hydrogens is 210 g/mol. The molecule has 1 aromatic carbocycles. The zero-order valence-corrected chi connectivity index (χ0v) is 11.7. The summed E-state index contributed by atoms with van der Waals surface area (Å²) >= 11 is 0. The SMILES string of the molecule is CCNC(COC(C)C)c1cccc(C)c1C. The van der Waals surface area contributed by atoms with Gasteiger partial charge in [0.2, 0.25) is 0 Å². The van der Waals surface area contributed by atoms with Gasteiger partial charge in [0.15, 0.2) is 0 Å². The second-order valence-corrected chi connectivity index (χ2v) is 4.78. The zero-order chi connectivity index (χ0) is 12.8. The number of benzene rings is 1. The van der Waals surface area contributed by atoms with Crippen LogP contribution in [0.2, 0.25) is 0 Å². The van der Waals surface area contributed by atoms with Crippen LogP contribution in [0.5, 0.6) is 0 Å². The monoisotopic (exact) mass is 235 g/mol. The van der Waals surface area contributed by atoms with E-state index in [9.17, 15) is 0 Å². The van der Waals surface area contributed by atoms with E-state index in [4.69, 9.17) is 4.74 Å². The average molecular weight is 235 g/mol. The maximum Gasteiger partial charge on any atom is 0.0665 e. The lowest BCUT2D eigenvalue weighted by molar-refractivity contribution is 0.0613. The Hall–Kier alpha value is -0.860. The van der Waals surface area contributed by atoms with Crippen LogP contribution < -0.4 is 5.32 Å². The van der Waals surface area contributed by atoms with Crippen molar-refractivity contribution in [3.63, 3.8) is 0 Å². The summed E-state index contributed by atoms with van der Waals surface area (Å²) < 4.78 is 5.74. The van der Waals surface area contributed by atoms with Crippen LogP contribution in [0.1, 0.15) is 43.5 Å². The van der Waals surface area contributed by atoms with Crippen LogP contribution in [0.3, 0.4) is 0 Å². The second kappa shape index (κ2) is 6.77. The Balaban J connectivity index is 2.85. The van der Waals surface area contributed by atoms with Gasteiger partial charge in [-0.15, -0.1) is 0 Å². The fourth-order valence-corrected chi connectivity index (χ4v) is 1.95. The normalized spacial score (nSPS) is 13.1. The number of rotatable bonds is 6. The Labute approximate surface area is 105 Å². The summed E-state index contributed by atoms with van der Waals surface area (Å²) in [7, 11) is 0. The van der Waals surface area contributed by atoms with E-state index in [1.54, 1.807) is 0 Å². The Morgan fingerprint density at radius 3 is 2.53 bits per heavy atom. The summed E-state index contributed by atoms with van der Waals surface area (Å²) in [6.45, 7) is 12.3. The van der Waals surface area contributed by atoms with Gasteiger partial charge in [-0.2, -0.15) is 0 Å². The van der Waals surface area contributed by atoms with Crippen LogP contribution in [0.15, 0.2) is 18.2 Å². The van der Waals surface area contributed by atoms with Gasteiger partial charge >= 0.3 is 0 Å². The van der Waals surface area contributed by atoms with Crippen molar-refractivity contribution in [2.24, 2.45) is 0 Å². The summed E-state index contributed by atoms with van der Waals surface area (Å²) in [5.41, 5.74) is 4.06. The van der Waals surface area contributed by atoms with Crippen LogP contribution in [-0.4, -0.2) is 19.3 Å². The first-order chi connectivity index (χ1) is 8.06. The Kier molecular flexibility index (Phi) is 5.66. The number of likely N-dealkylation sites (N-methyl/N-ethyl adjacent to an activating group) is 1. The fourth-order valence-electron chi connectivity index (χ4n) is 1.95. The van der Waals surface area contributed by atoms with E-state index in [1.807, 2.05) is 0 Å². The first-order valence-corrected chi connectivity index (χ1v) is 6.47. The van der Waals surface area contributed by atoms with Gasteiger partial charge in [0.05, 0.1) is 18.8 Å². The summed E-state index contributed by atoms with van der Waals surface area (Å²) in [5.74, 6) is 0. The first-order valence-electron chi connectivity index (χ1n) is 6.47. The highest BCUT2D eigenvalue weighted by molar-refractivity contribution is 5.35. The predicted molar refractivity (Wildman–Crippen MR) is 73.4 cm³/mol. The fraction of sp³-hybridized carbons (Fsp3) is 0.600. The third-order valence-corrected chi connectivity index (χ3v) is 3.07. The molecule has 0 spiro atoms. The maximum atomic E-state index is 5.74. The third-order valence-electron chi connectivity index (χ3n) is 3.07. The Morgan fingerprint density at radius 2 is 1.94 bits per heavy atom. The minimum atomic E-state index is 0.279. The molecule has 0 aliphatic rings. The van der Waals surface area contributed by atoms with E-state index in [1.165, 1.54) is 16.7 Å². The minimum Gasteiger partial charge on any atom is -0.377 e. The van der Waals surface area contributed by atoms with Crippen molar-refractivity contribution in [3.05, 3.63) is 34.9 Å². The molecule has 17 heavy (non-hydrogen) atoms. The molecule has 1 rings (SSSR count). The topological polar surface area (TPSA) is 21.3 Å². The molecule has 0 bridgehead atoms. The molecule has 0 aromatic heterocycles. The number of hydrogen-bond donors (Lipinski definition) is 1. The van der Waals surface area contributed by atoms with Crippen LogP contribution in [-0.2, 0) is 4.74 Å². The van der Waals surface area contributed by atoms with Crippen molar-refractivity contribution in [1.82, 2.24) is 5.32 Å². The smallest absolute Gasteiger partial charge is 0.0665 e. The van der Waals surface area contributed by atoms with Crippen molar-refractivity contribution in [3.8, 4) is 0 Å². The minimum absolute atomic E-state index is 0.279. The third kappa shape index (κ3) is 4.14. The van der Waals surface area contributed by atoms with E-state index in [0.717, 1.165) is 13.2 Å².